The second kappa shape index (κ2) is 7.99. The van der Waals surface area contributed by atoms with E-state index in [9.17, 15) is 18.7 Å². The SMILES string of the molecule is CSc1nc(-c2c[nH]c3c(F)cc(F)cc23)nc(NC2C3CCC(CC3)C2C(=O)O)c1F. The number of benzene rings is 1. The van der Waals surface area contributed by atoms with Crippen LogP contribution in [0.15, 0.2) is 23.4 Å². The second-order valence-electron chi connectivity index (χ2n) is 8.44. The highest BCUT2D eigenvalue weighted by molar-refractivity contribution is 7.98. The van der Waals surface area contributed by atoms with E-state index in [2.05, 4.69) is 20.3 Å². The third-order valence-electron chi connectivity index (χ3n) is 6.77. The number of carboxylic acids is 1. The van der Waals surface area contributed by atoms with Gasteiger partial charge in [0.1, 0.15) is 16.7 Å². The fourth-order valence-corrected chi connectivity index (χ4v) is 5.74. The summed E-state index contributed by atoms with van der Waals surface area (Å²) in [6.45, 7) is 0. The third-order valence-corrected chi connectivity index (χ3v) is 7.43. The lowest BCUT2D eigenvalue weighted by Gasteiger charge is -2.47. The molecule has 168 valence electrons. The van der Waals surface area contributed by atoms with Gasteiger partial charge in [0.05, 0.1) is 11.4 Å². The molecule has 0 radical (unpaired) electrons. The van der Waals surface area contributed by atoms with Crippen LogP contribution >= 0.6 is 11.8 Å². The van der Waals surface area contributed by atoms with E-state index in [4.69, 9.17) is 0 Å². The van der Waals surface area contributed by atoms with E-state index >= 15 is 4.39 Å². The van der Waals surface area contributed by atoms with Gasteiger partial charge < -0.3 is 15.4 Å². The molecule has 2 unspecified atom stereocenters. The van der Waals surface area contributed by atoms with Crippen molar-refractivity contribution >= 4 is 34.5 Å². The van der Waals surface area contributed by atoms with E-state index < -0.39 is 35.4 Å². The van der Waals surface area contributed by atoms with Crippen LogP contribution in [-0.4, -0.2) is 38.3 Å². The number of aliphatic carboxylic acids is 1. The van der Waals surface area contributed by atoms with Gasteiger partial charge in [-0.3, -0.25) is 4.79 Å². The highest BCUT2D eigenvalue weighted by Gasteiger charge is 2.47. The average molecular weight is 462 g/mol. The smallest absolute Gasteiger partial charge is 0.308 e. The fourth-order valence-electron chi connectivity index (χ4n) is 5.29. The monoisotopic (exact) mass is 462 g/mol. The number of nitrogens with zero attached hydrogens (tertiary/aromatic N) is 2. The van der Waals surface area contributed by atoms with Gasteiger partial charge in [0, 0.05) is 29.3 Å². The Morgan fingerprint density at radius 1 is 1.16 bits per heavy atom. The van der Waals surface area contributed by atoms with Crippen LogP contribution in [0, 0.1) is 35.2 Å². The van der Waals surface area contributed by atoms with Crippen LogP contribution in [0.2, 0.25) is 0 Å². The van der Waals surface area contributed by atoms with Crippen molar-refractivity contribution in [3.05, 3.63) is 35.8 Å². The van der Waals surface area contributed by atoms with Crippen molar-refractivity contribution in [3.63, 3.8) is 0 Å². The minimum absolute atomic E-state index is 0.0546. The maximum absolute atomic E-state index is 15.2. The van der Waals surface area contributed by atoms with Gasteiger partial charge in [0.2, 0.25) is 0 Å². The van der Waals surface area contributed by atoms with Crippen LogP contribution in [0.25, 0.3) is 22.3 Å². The Morgan fingerprint density at radius 3 is 2.56 bits per heavy atom. The first-order valence-electron chi connectivity index (χ1n) is 10.4. The summed E-state index contributed by atoms with van der Waals surface area (Å²) in [6.07, 6.45) is 6.62. The van der Waals surface area contributed by atoms with Crippen molar-refractivity contribution in [1.29, 1.82) is 0 Å². The van der Waals surface area contributed by atoms with E-state index in [1.165, 1.54) is 12.3 Å². The first-order valence-corrected chi connectivity index (χ1v) is 11.7. The Kier molecular flexibility index (Phi) is 5.27. The van der Waals surface area contributed by atoms with Gasteiger partial charge in [-0.1, -0.05) is 0 Å². The van der Waals surface area contributed by atoms with Crippen molar-refractivity contribution in [2.45, 2.75) is 36.8 Å². The number of carboxylic acid groups (broad SMARTS) is 1. The van der Waals surface area contributed by atoms with Gasteiger partial charge in [-0.15, -0.1) is 11.8 Å². The zero-order chi connectivity index (χ0) is 22.6. The number of anilines is 1. The minimum atomic E-state index is -0.890. The quantitative estimate of drug-likeness (QED) is 0.363. The number of aromatic amines is 1. The summed E-state index contributed by atoms with van der Waals surface area (Å²) in [4.78, 5) is 23.3. The lowest BCUT2D eigenvalue weighted by molar-refractivity contribution is -0.148. The number of thioether (sulfide) groups is 1. The standard InChI is InChI=1S/C22H21F3N4O2S/c1-32-21-16(25)20(27-17-10-4-2-9(3-5-10)15(17)22(30)31)28-19(29-21)13-8-26-18-12(13)6-11(23)7-14(18)24/h6-10,15,17,26H,2-5H2,1H3,(H,30,31)(H,27,28,29). The molecular formula is C22H21F3N4O2S. The topological polar surface area (TPSA) is 90.9 Å². The summed E-state index contributed by atoms with van der Waals surface area (Å²) in [5.41, 5.74) is 0.432. The zero-order valence-electron chi connectivity index (χ0n) is 17.2. The van der Waals surface area contributed by atoms with Gasteiger partial charge >= 0.3 is 5.97 Å². The molecule has 2 heterocycles. The number of carbonyl (C=O) groups is 1. The molecule has 0 saturated heterocycles. The number of aromatic nitrogens is 3. The second-order valence-corrected chi connectivity index (χ2v) is 9.24. The minimum Gasteiger partial charge on any atom is -0.481 e. The van der Waals surface area contributed by atoms with Crippen LogP contribution < -0.4 is 5.32 Å². The molecule has 32 heavy (non-hydrogen) atoms. The molecule has 2 aromatic heterocycles. The van der Waals surface area contributed by atoms with Gasteiger partial charge in [-0.2, -0.15) is 4.39 Å². The number of rotatable bonds is 5. The lowest BCUT2D eigenvalue weighted by atomic mass is 9.61. The lowest BCUT2D eigenvalue weighted by Crippen LogP contribution is -2.51. The summed E-state index contributed by atoms with van der Waals surface area (Å²) in [5.74, 6) is -3.48. The maximum Gasteiger partial charge on any atom is 0.308 e. The van der Waals surface area contributed by atoms with Gasteiger partial charge in [-0.25, -0.2) is 18.7 Å². The predicted octanol–water partition coefficient (Wildman–Crippen LogP) is 5.07. The molecule has 3 aliphatic carbocycles. The van der Waals surface area contributed by atoms with Gasteiger partial charge in [0.25, 0.3) is 0 Å². The highest BCUT2D eigenvalue weighted by atomic mass is 32.2. The van der Waals surface area contributed by atoms with E-state index in [-0.39, 0.29) is 39.4 Å². The Morgan fingerprint density at radius 2 is 1.88 bits per heavy atom. The van der Waals surface area contributed by atoms with Crippen molar-refractivity contribution < 1.29 is 23.1 Å². The highest BCUT2D eigenvalue weighted by Crippen LogP contribution is 2.46. The van der Waals surface area contributed by atoms with E-state index in [1.807, 2.05) is 0 Å². The molecule has 3 N–H and O–H groups in total. The molecule has 6 rings (SSSR count). The maximum atomic E-state index is 15.2. The molecule has 0 spiro atoms. The number of nitrogens with one attached hydrogen (secondary N) is 2. The predicted molar refractivity (Wildman–Crippen MR) is 115 cm³/mol. The largest absolute Gasteiger partial charge is 0.481 e. The van der Waals surface area contributed by atoms with Crippen LogP contribution in [0.4, 0.5) is 19.0 Å². The molecule has 0 amide bonds. The summed E-state index contributed by atoms with van der Waals surface area (Å²) in [7, 11) is 0. The van der Waals surface area contributed by atoms with E-state index in [0.29, 0.717) is 5.56 Å². The molecule has 2 bridgehead atoms. The molecular weight excluding hydrogens is 441 g/mol. The summed E-state index contributed by atoms with van der Waals surface area (Å²) >= 11 is 1.08. The molecule has 1 aromatic carbocycles. The molecule has 6 nitrogen and oxygen atoms in total. The third kappa shape index (κ3) is 3.41. The first-order chi connectivity index (χ1) is 15.4. The van der Waals surface area contributed by atoms with Crippen LogP contribution in [0.5, 0.6) is 0 Å². The van der Waals surface area contributed by atoms with Crippen molar-refractivity contribution in [2.75, 3.05) is 11.6 Å². The Bertz CT molecular complexity index is 1210. The van der Waals surface area contributed by atoms with Gasteiger partial charge in [0.15, 0.2) is 17.5 Å². The number of halogens is 3. The summed E-state index contributed by atoms with van der Waals surface area (Å²) in [6, 6.07) is 1.51. The Balaban J connectivity index is 1.59. The molecule has 3 fully saturated rings. The van der Waals surface area contributed by atoms with E-state index in [1.54, 1.807) is 6.26 Å². The van der Waals surface area contributed by atoms with Crippen LogP contribution in [-0.2, 0) is 4.79 Å². The molecule has 3 aromatic rings. The Labute approximate surface area is 186 Å². The average Bonchev–Trinajstić information content (AvgIpc) is 3.20. The zero-order valence-corrected chi connectivity index (χ0v) is 18.0. The number of H-pyrrole nitrogens is 1. The number of hydrogen-bond acceptors (Lipinski definition) is 5. The van der Waals surface area contributed by atoms with Crippen molar-refractivity contribution in [1.82, 2.24) is 15.0 Å². The number of hydrogen-bond donors (Lipinski definition) is 3. The van der Waals surface area contributed by atoms with Crippen LogP contribution in [0.1, 0.15) is 25.7 Å². The van der Waals surface area contributed by atoms with Crippen molar-refractivity contribution in [3.8, 4) is 11.4 Å². The molecule has 3 saturated carbocycles. The molecule has 3 aliphatic rings. The van der Waals surface area contributed by atoms with Crippen molar-refractivity contribution in [2.24, 2.45) is 17.8 Å². The molecule has 0 aliphatic heterocycles. The van der Waals surface area contributed by atoms with Crippen LogP contribution in [0.3, 0.4) is 0 Å². The fraction of sp³-hybridized carbons (Fsp3) is 0.409. The molecule has 10 heteroatoms. The van der Waals surface area contributed by atoms with E-state index in [0.717, 1.165) is 43.5 Å². The van der Waals surface area contributed by atoms with Gasteiger partial charge in [-0.05, 0) is 49.8 Å². The summed E-state index contributed by atoms with van der Waals surface area (Å²) < 4.78 is 43.2. The first kappa shape index (κ1) is 21.1. The normalized spacial score (nSPS) is 24.8. The number of fused-ring (bicyclic) bond motifs is 4. The Hall–Kier alpha value is -2.75. The summed E-state index contributed by atoms with van der Waals surface area (Å²) in [5, 5.41) is 13.2. The molecule has 2 atom stereocenters.